The van der Waals surface area contributed by atoms with Crippen molar-refractivity contribution in [2.45, 2.75) is 71.8 Å². The number of aliphatic hydroxyl groups excluding tert-OH is 1. The highest BCUT2D eigenvalue weighted by molar-refractivity contribution is 5.92. The van der Waals surface area contributed by atoms with Crippen LogP contribution in [-0.2, 0) is 13.1 Å². The quantitative estimate of drug-likeness (QED) is 0.517. The van der Waals surface area contributed by atoms with E-state index in [0.717, 1.165) is 31.2 Å². The fourth-order valence-corrected chi connectivity index (χ4v) is 4.28. The fraction of sp³-hybridized carbons (Fsp3) is 0.522. The Balaban J connectivity index is 0.000000751. The summed E-state index contributed by atoms with van der Waals surface area (Å²) in [5.41, 5.74) is 1.78. The zero-order valence-corrected chi connectivity index (χ0v) is 19.1. The van der Waals surface area contributed by atoms with E-state index in [1.54, 1.807) is 23.8 Å². The van der Waals surface area contributed by atoms with Gasteiger partial charge in [0.25, 0.3) is 11.4 Å². The molecule has 0 spiro atoms. The third-order valence-electron chi connectivity index (χ3n) is 5.69. The molecule has 1 saturated carbocycles. The number of alkyl halides is 3. The lowest BCUT2D eigenvalue weighted by molar-refractivity contribution is 0.00819. The van der Waals surface area contributed by atoms with Crippen LogP contribution in [0.25, 0.3) is 22.3 Å². The highest BCUT2D eigenvalue weighted by atomic mass is 19.4. The molecule has 0 amide bonds. The Bertz CT molecular complexity index is 1170. The van der Waals surface area contributed by atoms with Gasteiger partial charge in [-0.3, -0.25) is 4.79 Å². The van der Waals surface area contributed by atoms with Gasteiger partial charge in [0.05, 0.1) is 17.6 Å². The van der Waals surface area contributed by atoms with E-state index in [9.17, 15) is 23.1 Å². The number of aliphatic hydroxyl groups is 1. The van der Waals surface area contributed by atoms with Gasteiger partial charge in [0.1, 0.15) is 17.6 Å². The summed E-state index contributed by atoms with van der Waals surface area (Å²) < 4.78 is 53.9. The molecule has 11 heteroatoms. The molecule has 0 atom stereocenters. The van der Waals surface area contributed by atoms with Crippen LogP contribution < -0.4 is 10.3 Å². The van der Waals surface area contributed by atoms with Crippen LogP contribution in [0.1, 0.15) is 44.9 Å². The average Bonchev–Trinajstić information content (AvgIpc) is 3.15. The van der Waals surface area contributed by atoms with Crippen LogP contribution in [0.2, 0.25) is 0 Å². The molecular weight excluding hydrogens is 456 g/mol. The summed E-state index contributed by atoms with van der Waals surface area (Å²) in [6, 6.07) is 3.19. The molecule has 1 aliphatic rings. The van der Waals surface area contributed by atoms with Crippen LogP contribution in [0.5, 0.6) is 5.88 Å². The largest absolute Gasteiger partial charge is 0.472 e. The summed E-state index contributed by atoms with van der Waals surface area (Å²) in [6.45, 7) is 0.596. The first-order valence-electron chi connectivity index (χ1n) is 11.2. The molecule has 0 unspecified atom stereocenters. The lowest BCUT2D eigenvalue weighted by Gasteiger charge is -2.23. The molecule has 0 aliphatic heterocycles. The molecule has 7 nitrogen and oxygen atoms in total. The summed E-state index contributed by atoms with van der Waals surface area (Å²) in [7, 11) is 0. The molecule has 0 bridgehead atoms. The van der Waals surface area contributed by atoms with Crippen LogP contribution in [0, 0.1) is 12.7 Å². The minimum Gasteiger partial charge on any atom is -0.472 e. The van der Waals surface area contributed by atoms with E-state index in [1.165, 1.54) is 12.5 Å². The first-order valence-corrected chi connectivity index (χ1v) is 11.2. The Kier molecular flexibility index (Phi) is 8.65. The number of ether oxygens (including phenoxy) is 1. The van der Waals surface area contributed by atoms with Gasteiger partial charge in [0.2, 0.25) is 5.82 Å². The lowest BCUT2D eigenvalue weighted by atomic mass is 9.98. The molecule has 1 N–H and O–H groups in total. The molecule has 3 heterocycles. The Labute approximate surface area is 194 Å². The van der Waals surface area contributed by atoms with E-state index in [1.807, 2.05) is 11.5 Å². The molecule has 3 aromatic rings. The van der Waals surface area contributed by atoms with Crippen LogP contribution >= 0.6 is 0 Å². The van der Waals surface area contributed by atoms with Crippen molar-refractivity contribution in [1.29, 1.82) is 0 Å². The number of halogens is 4. The second-order valence-electron chi connectivity index (χ2n) is 7.97. The maximum Gasteiger partial charge on any atom is 0.379 e. The van der Waals surface area contributed by atoms with Crippen molar-refractivity contribution in [3.05, 3.63) is 40.3 Å². The number of hydrogen-bond donors (Lipinski definition) is 1. The summed E-state index contributed by atoms with van der Waals surface area (Å²) >= 11 is 0. The Morgan fingerprint density at radius 2 is 1.85 bits per heavy atom. The van der Waals surface area contributed by atoms with Crippen molar-refractivity contribution in [2.75, 3.05) is 6.61 Å². The smallest absolute Gasteiger partial charge is 0.379 e. The predicted octanol–water partition coefficient (Wildman–Crippen LogP) is 4.61. The van der Waals surface area contributed by atoms with Gasteiger partial charge < -0.3 is 19.0 Å². The van der Waals surface area contributed by atoms with Crippen LogP contribution in [0.15, 0.2) is 23.1 Å². The first kappa shape index (κ1) is 25.7. The molecule has 3 aromatic heterocycles. The van der Waals surface area contributed by atoms with Crippen molar-refractivity contribution in [3.63, 3.8) is 0 Å². The molecule has 1 fully saturated rings. The minimum atomic E-state index is -3.67. The highest BCUT2D eigenvalue weighted by Gasteiger charge is 2.24. The number of fused-ring (bicyclic) bond motifs is 1. The third kappa shape index (κ3) is 5.75. The molecule has 34 heavy (non-hydrogen) atoms. The van der Waals surface area contributed by atoms with Gasteiger partial charge >= 0.3 is 6.68 Å². The number of rotatable bonds is 6. The SMILES string of the molecule is CCn1c(=O)ccc2c1c(-c1nc(C)nc(OC3CCCCC3)c1F)cn2CCO.FC(F)F. The van der Waals surface area contributed by atoms with Crippen LogP contribution in [0.3, 0.4) is 0 Å². The van der Waals surface area contributed by atoms with Crippen molar-refractivity contribution in [3.8, 4) is 17.1 Å². The average molecular weight is 484 g/mol. The predicted molar refractivity (Wildman–Crippen MR) is 119 cm³/mol. The summed E-state index contributed by atoms with van der Waals surface area (Å²) in [4.78, 5) is 21.0. The van der Waals surface area contributed by atoms with Gasteiger partial charge in [-0.1, -0.05) is 6.42 Å². The summed E-state index contributed by atoms with van der Waals surface area (Å²) in [6.07, 6.45) is 6.80. The first-order chi connectivity index (χ1) is 16.3. The van der Waals surface area contributed by atoms with E-state index in [2.05, 4.69) is 9.97 Å². The van der Waals surface area contributed by atoms with Crippen molar-refractivity contribution in [2.24, 2.45) is 0 Å². The van der Waals surface area contributed by atoms with E-state index < -0.39 is 12.5 Å². The topological polar surface area (TPSA) is 82.2 Å². The zero-order chi connectivity index (χ0) is 24.8. The number of pyridine rings is 1. The van der Waals surface area contributed by atoms with Crippen LogP contribution in [0.4, 0.5) is 17.6 Å². The molecule has 0 aromatic carbocycles. The molecule has 0 saturated heterocycles. The molecule has 186 valence electrons. The lowest BCUT2D eigenvalue weighted by Crippen LogP contribution is -2.21. The number of nitrogens with zero attached hydrogens (tertiary/aromatic N) is 4. The molecular formula is C23H28F4N4O3. The van der Waals surface area contributed by atoms with Crippen molar-refractivity contribution >= 4 is 11.0 Å². The second-order valence-corrected chi connectivity index (χ2v) is 7.97. The number of aryl methyl sites for hydroxylation is 2. The summed E-state index contributed by atoms with van der Waals surface area (Å²) in [5, 5.41) is 9.46. The van der Waals surface area contributed by atoms with Gasteiger partial charge in [-0.15, -0.1) is 0 Å². The molecule has 1 aliphatic carbocycles. The molecule has 0 radical (unpaired) electrons. The number of aromatic nitrogens is 4. The standard InChI is InChI=1S/C22H27FN4O3.CHF3/c1-3-27-18(29)10-9-17-21(27)16(13-26(17)11-12-28)20-19(23)22(25-14(2)24-20)30-15-7-5-4-6-8-15;2-1(3)4/h9-10,13,15,28H,3-8,11-12H2,1-2H3;1H. The van der Waals surface area contributed by atoms with E-state index in [0.29, 0.717) is 30.0 Å². The third-order valence-corrected chi connectivity index (χ3v) is 5.69. The molecule has 4 rings (SSSR count). The maximum absolute atomic E-state index is 15.6. The van der Waals surface area contributed by atoms with Gasteiger partial charge in [0, 0.05) is 30.9 Å². The summed E-state index contributed by atoms with van der Waals surface area (Å²) in [5.74, 6) is -0.247. The second kappa shape index (κ2) is 11.5. The Morgan fingerprint density at radius 3 is 2.47 bits per heavy atom. The fourth-order valence-electron chi connectivity index (χ4n) is 4.28. The van der Waals surface area contributed by atoms with E-state index in [4.69, 9.17) is 4.74 Å². The minimum absolute atomic E-state index is 0.0335. The van der Waals surface area contributed by atoms with E-state index in [-0.39, 0.29) is 29.8 Å². The van der Waals surface area contributed by atoms with E-state index >= 15 is 4.39 Å². The number of hydrogen-bond acceptors (Lipinski definition) is 5. The van der Waals surface area contributed by atoms with Gasteiger partial charge in [-0.2, -0.15) is 22.5 Å². The maximum atomic E-state index is 15.6. The van der Waals surface area contributed by atoms with Crippen LogP contribution in [-0.4, -0.2) is 43.6 Å². The Hall–Kier alpha value is -2.95. The van der Waals surface area contributed by atoms with Crippen molar-refractivity contribution < 1.29 is 27.4 Å². The zero-order valence-electron chi connectivity index (χ0n) is 19.1. The van der Waals surface area contributed by atoms with Gasteiger partial charge in [-0.25, -0.2) is 4.98 Å². The van der Waals surface area contributed by atoms with Gasteiger partial charge in [-0.05, 0) is 45.6 Å². The normalized spacial score (nSPS) is 14.4. The Morgan fingerprint density at radius 1 is 1.18 bits per heavy atom. The van der Waals surface area contributed by atoms with Crippen molar-refractivity contribution in [1.82, 2.24) is 19.1 Å². The monoisotopic (exact) mass is 484 g/mol. The van der Waals surface area contributed by atoms with Gasteiger partial charge in [0.15, 0.2) is 0 Å². The highest BCUT2D eigenvalue weighted by Crippen LogP contribution is 2.34.